The van der Waals surface area contributed by atoms with E-state index in [1.54, 1.807) is 0 Å². The van der Waals surface area contributed by atoms with E-state index in [4.69, 9.17) is 0 Å². The number of nitrogens with zero attached hydrogens (tertiary/aromatic N) is 2. The SMILES string of the molecule is CN1CCCC[C@H]1CCC(=O)NCc1ccc(CN2CCCC2)cc1. The van der Waals surface area contributed by atoms with Crippen molar-refractivity contribution in [2.75, 3.05) is 26.7 Å². The highest BCUT2D eigenvalue weighted by Gasteiger charge is 2.19. The van der Waals surface area contributed by atoms with E-state index in [1.807, 2.05) is 0 Å². The van der Waals surface area contributed by atoms with E-state index in [1.165, 1.54) is 62.9 Å². The Bertz CT molecular complexity index is 537. The maximum Gasteiger partial charge on any atom is 0.220 e. The Kier molecular flexibility index (Phi) is 6.88. The summed E-state index contributed by atoms with van der Waals surface area (Å²) in [5.74, 6) is 0.181. The van der Waals surface area contributed by atoms with E-state index < -0.39 is 0 Å². The van der Waals surface area contributed by atoms with Gasteiger partial charge >= 0.3 is 0 Å². The molecular formula is C21H33N3O. The molecule has 0 radical (unpaired) electrons. The van der Waals surface area contributed by atoms with Gasteiger partial charge in [0.15, 0.2) is 0 Å². The predicted molar refractivity (Wildman–Crippen MR) is 102 cm³/mol. The van der Waals surface area contributed by atoms with E-state index in [0.717, 1.165) is 13.0 Å². The summed E-state index contributed by atoms with van der Waals surface area (Å²) in [6, 6.07) is 9.30. The molecule has 4 nitrogen and oxygen atoms in total. The van der Waals surface area contributed by atoms with E-state index in [0.29, 0.717) is 19.0 Å². The summed E-state index contributed by atoms with van der Waals surface area (Å²) in [6.45, 7) is 5.34. The molecule has 2 aliphatic heterocycles. The van der Waals surface area contributed by atoms with Crippen LogP contribution in [0.2, 0.25) is 0 Å². The second-order valence-electron chi connectivity index (χ2n) is 7.75. The van der Waals surface area contributed by atoms with Gasteiger partial charge in [0.2, 0.25) is 5.91 Å². The quantitative estimate of drug-likeness (QED) is 0.826. The smallest absolute Gasteiger partial charge is 0.220 e. The monoisotopic (exact) mass is 343 g/mol. The van der Waals surface area contributed by atoms with Crippen LogP contribution >= 0.6 is 0 Å². The molecule has 3 rings (SSSR count). The molecule has 2 aliphatic rings. The maximum atomic E-state index is 12.1. The lowest BCUT2D eigenvalue weighted by Gasteiger charge is -2.32. The Morgan fingerprint density at radius 1 is 1.04 bits per heavy atom. The zero-order valence-corrected chi connectivity index (χ0v) is 15.7. The van der Waals surface area contributed by atoms with Gasteiger partial charge < -0.3 is 10.2 Å². The molecule has 1 aromatic carbocycles. The first kappa shape index (κ1) is 18.4. The molecule has 1 aromatic rings. The molecule has 2 heterocycles. The molecule has 1 atom stereocenters. The maximum absolute atomic E-state index is 12.1. The Labute approximate surface area is 152 Å². The number of likely N-dealkylation sites (tertiary alicyclic amines) is 2. The zero-order chi connectivity index (χ0) is 17.5. The van der Waals surface area contributed by atoms with Gasteiger partial charge in [0.05, 0.1) is 0 Å². The van der Waals surface area contributed by atoms with Gasteiger partial charge in [-0.1, -0.05) is 30.7 Å². The fraction of sp³-hybridized carbons (Fsp3) is 0.667. The molecule has 1 amide bonds. The molecule has 1 N–H and O–H groups in total. The van der Waals surface area contributed by atoms with Crippen LogP contribution in [0.1, 0.15) is 56.1 Å². The van der Waals surface area contributed by atoms with E-state index in [9.17, 15) is 4.79 Å². The lowest BCUT2D eigenvalue weighted by Crippen LogP contribution is -2.37. The molecule has 0 spiro atoms. The van der Waals surface area contributed by atoms with Crippen LogP contribution in [0.4, 0.5) is 0 Å². The summed E-state index contributed by atoms with van der Waals surface area (Å²) in [5.41, 5.74) is 2.56. The molecular weight excluding hydrogens is 310 g/mol. The topological polar surface area (TPSA) is 35.6 Å². The zero-order valence-electron chi connectivity index (χ0n) is 15.7. The number of hydrogen-bond donors (Lipinski definition) is 1. The highest BCUT2D eigenvalue weighted by molar-refractivity contribution is 5.75. The van der Waals surface area contributed by atoms with Crippen molar-refractivity contribution in [3.63, 3.8) is 0 Å². The number of hydrogen-bond acceptors (Lipinski definition) is 3. The molecule has 0 unspecified atom stereocenters. The van der Waals surface area contributed by atoms with Crippen molar-refractivity contribution in [2.24, 2.45) is 0 Å². The van der Waals surface area contributed by atoms with Crippen LogP contribution in [0, 0.1) is 0 Å². The van der Waals surface area contributed by atoms with Gasteiger partial charge in [0, 0.05) is 25.6 Å². The van der Waals surface area contributed by atoms with Crippen LogP contribution < -0.4 is 5.32 Å². The normalized spacial score (nSPS) is 22.2. The third-order valence-electron chi connectivity index (χ3n) is 5.74. The second kappa shape index (κ2) is 9.35. The molecule has 0 aromatic heterocycles. The Morgan fingerprint density at radius 3 is 2.44 bits per heavy atom. The van der Waals surface area contributed by atoms with Crippen LogP contribution in [0.3, 0.4) is 0 Å². The van der Waals surface area contributed by atoms with Crippen LogP contribution in [-0.2, 0) is 17.9 Å². The van der Waals surface area contributed by atoms with Gasteiger partial charge in [0.25, 0.3) is 0 Å². The van der Waals surface area contributed by atoms with Gasteiger partial charge in [-0.25, -0.2) is 0 Å². The minimum absolute atomic E-state index is 0.181. The number of carbonyl (C=O) groups is 1. The summed E-state index contributed by atoms with van der Waals surface area (Å²) in [7, 11) is 2.19. The molecule has 2 saturated heterocycles. The van der Waals surface area contributed by atoms with E-state index in [-0.39, 0.29) is 5.91 Å². The summed E-state index contributed by atoms with van der Waals surface area (Å²) >= 11 is 0. The standard InChI is InChI=1S/C21H33N3O/c1-23-13-3-2-6-20(23)11-12-21(25)22-16-18-7-9-19(10-8-18)17-24-14-4-5-15-24/h7-10,20H,2-6,11-17H2,1H3,(H,22,25)/t20-/m0/s1. The highest BCUT2D eigenvalue weighted by Crippen LogP contribution is 2.19. The highest BCUT2D eigenvalue weighted by atomic mass is 16.1. The van der Waals surface area contributed by atoms with Crippen molar-refractivity contribution in [3.05, 3.63) is 35.4 Å². The third-order valence-corrected chi connectivity index (χ3v) is 5.74. The molecule has 0 aliphatic carbocycles. The largest absolute Gasteiger partial charge is 0.352 e. The van der Waals surface area contributed by atoms with Crippen molar-refractivity contribution >= 4 is 5.91 Å². The Hall–Kier alpha value is -1.39. The average Bonchev–Trinajstić information content (AvgIpc) is 3.13. The summed E-state index contributed by atoms with van der Waals surface area (Å²) in [6.07, 6.45) is 8.14. The molecule has 0 bridgehead atoms. The van der Waals surface area contributed by atoms with Crippen molar-refractivity contribution in [1.29, 1.82) is 0 Å². The lowest BCUT2D eigenvalue weighted by atomic mass is 9.98. The molecule has 138 valence electrons. The van der Waals surface area contributed by atoms with Crippen molar-refractivity contribution in [1.82, 2.24) is 15.1 Å². The number of amides is 1. The van der Waals surface area contributed by atoms with Crippen LogP contribution in [0.15, 0.2) is 24.3 Å². The molecule has 2 fully saturated rings. The van der Waals surface area contributed by atoms with Gasteiger partial charge in [-0.15, -0.1) is 0 Å². The average molecular weight is 344 g/mol. The minimum Gasteiger partial charge on any atom is -0.352 e. The number of nitrogens with one attached hydrogen (secondary N) is 1. The fourth-order valence-corrected chi connectivity index (χ4v) is 4.06. The Balaban J connectivity index is 1.36. The van der Waals surface area contributed by atoms with Crippen LogP contribution in [0.5, 0.6) is 0 Å². The molecule has 25 heavy (non-hydrogen) atoms. The predicted octanol–water partition coefficient (Wildman–Crippen LogP) is 3.16. The van der Waals surface area contributed by atoms with Gasteiger partial charge in [0.1, 0.15) is 0 Å². The second-order valence-corrected chi connectivity index (χ2v) is 7.75. The van der Waals surface area contributed by atoms with Gasteiger partial charge in [-0.05, 0) is 69.9 Å². The van der Waals surface area contributed by atoms with E-state index >= 15 is 0 Å². The van der Waals surface area contributed by atoms with E-state index in [2.05, 4.69) is 46.4 Å². The number of piperidine rings is 1. The van der Waals surface area contributed by atoms with Gasteiger partial charge in [-0.3, -0.25) is 9.69 Å². The molecule has 0 saturated carbocycles. The van der Waals surface area contributed by atoms with Gasteiger partial charge in [-0.2, -0.15) is 0 Å². The minimum atomic E-state index is 0.181. The van der Waals surface area contributed by atoms with Crippen molar-refractivity contribution in [2.45, 2.75) is 64.1 Å². The number of carbonyl (C=O) groups excluding carboxylic acids is 1. The van der Waals surface area contributed by atoms with Crippen molar-refractivity contribution < 1.29 is 4.79 Å². The van der Waals surface area contributed by atoms with Crippen molar-refractivity contribution in [3.8, 4) is 0 Å². The van der Waals surface area contributed by atoms with Crippen LogP contribution in [-0.4, -0.2) is 48.4 Å². The summed E-state index contributed by atoms with van der Waals surface area (Å²) in [5, 5.41) is 3.08. The van der Waals surface area contributed by atoms with Crippen LogP contribution in [0.25, 0.3) is 0 Å². The first-order valence-corrected chi connectivity index (χ1v) is 9.98. The number of benzene rings is 1. The third kappa shape index (κ3) is 5.82. The molecule has 4 heteroatoms. The first-order chi connectivity index (χ1) is 12.2. The summed E-state index contributed by atoms with van der Waals surface area (Å²) in [4.78, 5) is 17.1. The number of rotatable bonds is 7. The first-order valence-electron chi connectivity index (χ1n) is 9.98. The lowest BCUT2D eigenvalue weighted by molar-refractivity contribution is -0.121. The summed E-state index contributed by atoms with van der Waals surface area (Å²) < 4.78 is 0. The Morgan fingerprint density at radius 2 is 1.72 bits per heavy atom. The fourth-order valence-electron chi connectivity index (χ4n) is 4.06.